The first-order valence-electron chi connectivity index (χ1n) is 14.4. The molecule has 5 nitrogen and oxygen atoms in total. The zero-order valence-electron chi connectivity index (χ0n) is 24.1. The Morgan fingerprint density at radius 2 is 1.74 bits per heavy atom. The number of aryl methyl sites for hydroxylation is 4. The lowest BCUT2D eigenvalue weighted by Gasteiger charge is -2.28. The van der Waals surface area contributed by atoms with Crippen LogP contribution >= 0.6 is 0 Å². The zero-order valence-corrected chi connectivity index (χ0v) is 24.1. The van der Waals surface area contributed by atoms with Crippen molar-refractivity contribution in [3.63, 3.8) is 0 Å². The fraction of sp³-hybridized carbons (Fsp3) is 0.353. The van der Waals surface area contributed by atoms with Gasteiger partial charge in [-0.25, -0.2) is 9.67 Å². The number of aromatic amines is 1. The Balaban J connectivity index is 1.59. The van der Waals surface area contributed by atoms with Gasteiger partial charge < -0.3 is 9.88 Å². The van der Waals surface area contributed by atoms with Gasteiger partial charge in [-0.3, -0.25) is 0 Å². The third kappa shape index (κ3) is 4.25. The first kappa shape index (κ1) is 25.4. The van der Waals surface area contributed by atoms with Gasteiger partial charge in [-0.05, 0) is 72.6 Å². The highest BCUT2D eigenvalue weighted by Gasteiger charge is 2.30. The van der Waals surface area contributed by atoms with Gasteiger partial charge in [-0.2, -0.15) is 5.10 Å². The topological polar surface area (TPSA) is 49.7 Å². The SMILES string of the molecule is CCc1cccc(CC)c1-n1nc2c(c1-c1c(C)cc(C)c3[nH]ccc13)CN(c1ccc(C(C)C)cn1)CC2. The Bertz CT molecular complexity index is 1630. The van der Waals surface area contributed by atoms with E-state index in [1.54, 1.807) is 0 Å². The molecule has 200 valence electrons. The van der Waals surface area contributed by atoms with Gasteiger partial charge >= 0.3 is 0 Å². The molecule has 2 aromatic carbocycles. The number of hydrogen-bond donors (Lipinski definition) is 1. The Labute approximate surface area is 231 Å². The maximum Gasteiger partial charge on any atom is 0.128 e. The summed E-state index contributed by atoms with van der Waals surface area (Å²) in [5.41, 5.74) is 14.0. The molecule has 0 spiro atoms. The molecule has 0 unspecified atom stereocenters. The van der Waals surface area contributed by atoms with E-state index in [1.165, 1.54) is 66.9 Å². The molecule has 1 N–H and O–H groups in total. The van der Waals surface area contributed by atoms with Crippen molar-refractivity contribution in [3.05, 3.63) is 93.9 Å². The standard InChI is InChI=1S/C34H39N5/c1-7-24-10-9-11-25(8-2)33(24)39-34(31-22(5)18-23(6)32-27(31)14-16-35-32)28-20-38(17-15-29(28)37-39)30-13-12-26(19-36-30)21(3)4/h9-14,16,18-19,21,35H,7-8,15,17,20H2,1-6H3. The molecule has 0 amide bonds. The highest BCUT2D eigenvalue weighted by Crippen LogP contribution is 2.41. The van der Waals surface area contributed by atoms with E-state index in [2.05, 4.69) is 105 Å². The quantitative estimate of drug-likeness (QED) is 0.250. The molecule has 4 heterocycles. The van der Waals surface area contributed by atoms with Crippen molar-refractivity contribution in [2.24, 2.45) is 0 Å². The number of H-pyrrole nitrogens is 1. The van der Waals surface area contributed by atoms with Crippen molar-refractivity contribution >= 4 is 16.7 Å². The average molecular weight is 518 g/mol. The lowest BCUT2D eigenvalue weighted by molar-refractivity contribution is 0.704. The summed E-state index contributed by atoms with van der Waals surface area (Å²) in [6.45, 7) is 15.1. The van der Waals surface area contributed by atoms with E-state index in [1.807, 2.05) is 6.20 Å². The molecule has 0 atom stereocenters. The molecule has 6 rings (SSSR count). The molecule has 1 aliphatic heterocycles. The highest BCUT2D eigenvalue weighted by atomic mass is 15.3. The first-order chi connectivity index (χ1) is 18.9. The minimum atomic E-state index is 0.476. The van der Waals surface area contributed by atoms with Crippen molar-refractivity contribution < 1.29 is 0 Å². The second-order valence-electron chi connectivity index (χ2n) is 11.2. The van der Waals surface area contributed by atoms with Crippen LogP contribution in [-0.2, 0) is 25.8 Å². The van der Waals surface area contributed by atoms with Crippen molar-refractivity contribution in [1.82, 2.24) is 19.7 Å². The summed E-state index contributed by atoms with van der Waals surface area (Å²) in [4.78, 5) is 10.8. The second kappa shape index (κ2) is 10.0. The maximum absolute atomic E-state index is 5.39. The van der Waals surface area contributed by atoms with Gasteiger partial charge in [0.1, 0.15) is 5.82 Å². The van der Waals surface area contributed by atoms with Crippen LogP contribution in [-0.4, -0.2) is 26.3 Å². The molecule has 0 saturated heterocycles. The van der Waals surface area contributed by atoms with Crippen LogP contribution in [0, 0.1) is 13.8 Å². The number of rotatable bonds is 6. The molecule has 0 bridgehead atoms. The van der Waals surface area contributed by atoms with Crippen molar-refractivity contribution in [2.75, 3.05) is 11.4 Å². The van der Waals surface area contributed by atoms with E-state index in [0.717, 1.165) is 38.2 Å². The van der Waals surface area contributed by atoms with E-state index in [0.29, 0.717) is 5.92 Å². The Morgan fingerprint density at radius 3 is 2.41 bits per heavy atom. The van der Waals surface area contributed by atoms with Gasteiger partial charge in [0, 0.05) is 53.9 Å². The normalized spacial score (nSPS) is 13.5. The van der Waals surface area contributed by atoms with Crippen molar-refractivity contribution in [3.8, 4) is 16.9 Å². The van der Waals surface area contributed by atoms with E-state index in [-0.39, 0.29) is 0 Å². The fourth-order valence-corrected chi connectivity index (χ4v) is 6.30. The third-order valence-electron chi connectivity index (χ3n) is 8.45. The molecular formula is C34H39N5. The number of hydrogen-bond acceptors (Lipinski definition) is 3. The summed E-state index contributed by atoms with van der Waals surface area (Å²) in [6, 6.07) is 15.7. The smallest absolute Gasteiger partial charge is 0.128 e. The third-order valence-corrected chi connectivity index (χ3v) is 8.45. The molecule has 3 aromatic heterocycles. The van der Waals surface area contributed by atoms with Crippen LogP contribution in [0.25, 0.3) is 27.8 Å². The summed E-state index contributed by atoms with van der Waals surface area (Å²) >= 11 is 0. The van der Waals surface area contributed by atoms with E-state index < -0.39 is 0 Å². The minimum absolute atomic E-state index is 0.476. The van der Waals surface area contributed by atoms with Crippen molar-refractivity contribution in [1.29, 1.82) is 0 Å². The molecule has 5 heteroatoms. The zero-order chi connectivity index (χ0) is 27.3. The van der Waals surface area contributed by atoms with Crippen LogP contribution in [0.3, 0.4) is 0 Å². The van der Waals surface area contributed by atoms with Gasteiger partial charge in [-0.15, -0.1) is 0 Å². The summed E-state index contributed by atoms with van der Waals surface area (Å²) in [5, 5.41) is 6.66. The number of para-hydroxylation sites is 1. The van der Waals surface area contributed by atoms with Gasteiger partial charge in [0.25, 0.3) is 0 Å². The van der Waals surface area contributed by atoms with Gasteiger partial charge in [0.05, 0.1) is 17.1 Å². The molecule has 39 heavy (non-hydrogen) atoms. The number of pyridine rings is 1. The Hall–Kier alpha value is -3.86. The largest absolute Gasteiger partial charge is 0.361 e. The number of benzene rings is 2. The van der Waals surface area contributed by atoms with E-state index in [4.69, 9.17) is 10.1 Å². The Morgan fingerprint density at radius 1 is 0.974 bits per heavy atom. The number of aromatic nitrogens is 4. The van der Waals surface area contributed by atoms with Crippen LogP contribution in [0.5, 0.6) is 0 Å². The monoisotopic (exact) mass is 517 g/mol. The lowest BCUT2D eigenvalue weighted by atomic mass is 9.93. The van der Waals surface area contributed by atoms with E-state index in [9.17, 15) is 0 Å². The molecule has 0 aliphatic carbocycles. The molecular weight excluding hydrogens is 478 g/mol. The number of nitrogens with zero attached hydrogens (tertiary/aromatic N) is 4. The predicted octanol–water partition coefficient (Wildman–Crippen LogP) is 7.84. The van der Waals surface area contributed by atoms with Crippen LogP contribution in [0.4, 0.5) is 5.82 Å². The molecule has 0 fully saturated rings. The average Bonchev–Trinajstić information content (AvgIpc) is 3.58. The maximum atomic E-state index is 5.39. The molecule has 0 saturated carbocycles. The van der Waals surface area contributed by atoms with Crippen molar-refractivity contribution in [2.45, 2.75) is 73.3 Å². The lowest BCUT2D eigenvalue weighted by Crippen LogP contribution is -2.31. The van der Waals surface area contributed by atoms with Gasteiger partial charge in [-0.1, -0.05) is 58.0 Å². The number of fused-ring (bicyclic) bond motifs is 2. The van der Waals surface area contributed by atoms with Crippen LogP contribution < -0.4 is 4.90 Å². The summed E-state index contributed by atoms with van der Waals surface area (Å²) in [7, 11) is 0. The highest BCUT2D eigenvalue weighted by molar-refractivity contribution is 5.99. The summed E-state index contributed by atoms with van der Waals surface area (Å²) in [6.07, 6.45) is 6.95. The van der Waals surface area contributed by atoms with Crippen LogP contribution in [0.2, 0.25) is 0 Å². The van der Waals surface area contributed by atoms with Crippen LogP contribution in [0.15, 0.2) is 54.9 Å². The summed E-state index contributed by atoms with van der Waals surface area (Å²) in [5.74, 6) is 1.52. The second-order valence-corrected chi connectivity index (χ2v) is 11.2. The number of nitrogens with one attached hydrogen (secondary N) is 1. The fourth-order valence-electron chi connectivity index (χ4n) is 6.30. The van der Waals surface area contributed by atoms with Gasteiger partial charge in [0.15, 0.2) is 0 Å². The predicted molar refractivity (Wildman–Crippen MR) is 162 cm³/mol. The molecule has 1 aliphatic rings. The molecule has 0 radical (unpaired) electrons. The molecule has 5 aromatic rings. The first-order valence-corrected chi connectivity index (χ1v) is 14.4. The van der Waals surface area contributed by atoms with E-state index >= 15 is 0 Å². The van der Waals surface area contributed by atoms with Gasteiger partial charge in [0.2, 0.25) is 0 Å². The summed E-state index contributed by atoms with van der Waals surface area (Å²) < 4.78 is 2.30. The Kier molecular flexibility index (Phi) is 6.54. The number of anilines is 1. The van der Waals surface area contributed by atoms with Crippen LogP contribution in [0.1, 0.15) is 72.7 Å². The minimum Gasteiger partial charge on any atom is -0.361 e.